The average molecular weight is 296 g/mol. The SMILES string of the molecule is CC1CCC(CN)(C(=O)NCCOCC(F)(F)F)CC1. The summed E-state index contributed by atoms with van der Waals surface area (Å²) in [6.45, 7) is 1.05. The number of hydrogen-bond acceptors (Lipinski definition) is 3. The molecule has 1 aliphatic carbocycles. The Morgan fingerprint density at radius 2 is 2.00 bits per heavy atom. The molecule has 1 aliphatic rings. The van der Waals surface area contributed by atoms with E-state index in [9.17, 15) is 18.0 Å². The third-order valence-electron chi connectivity index (χ3n) is 3.90. The van der Waals surface area contributed by atoms with Gasteiger partial charge in [0.15, 0.2) is 0 Å². The van der Waals surface area contributed by atoms with E-state index in [4.69, 9.17) is 5.73 Å². The maximum Gasteiger partial charge on any atom is 0.411 e. The lowest BCUT2D eigenvalue weighted by Gasteiger charge is -2.37. The second-order valence-electron chi connectivity index (χ2n) is 5.59. The molecule has 0 saturated heterocycles. The second-order valence-corrected chi connectivity index (χ2v) is 5.59. The number of halogens is 3. The smallest absolute Gasteiger partial charge is 0.370 e. The molecule has 0 unspecified atom stereocenters. The second kappa shape index (κ2) is 7.26. The highest BCUT2D eigenvalue weighted by Gasteiger charge is 2.39. The minimum atomic E-state index is -4.33. The van der Waals surface area contributed by atoms with Crippen molar-refractivity contribution in [3.8, 4) is 0 Å². The predicted molar refractivity (Wildman–Crippen MR) is 69.0 cm³/mol. The maximum atomic E-state index is 12.1. The van der Waals surface area contributed by atoms with E-state index in [0.29, 0.717) is 5.92 Å². The Bertz CT molecular complexity index is 313. The molecule has 1 saturated carbocycles. The number of rotatable bonds is 6. The van der Waals surface area contributed by atoms with Gasteiger partial charge in [0.25, 0.3) is 0 Å². The van der Waals surface area contributed by atoms with Gasteiger partial charge in [-0.2, -0.15) is 13.2 Å². The van der Waals surface area contributed by atoms with Crippen LogP contribution in [0.5, 0.6) is 0 Å². The first-order chi connectivity index (χ1) is 9.29. The van der Waals surface area contributed by atoms with Crippen LogP contribution in [0.4, 0.5) is 13.2 Å². The van der Waals surface area contributed by atoms with Crippen molar-refractivity contribution < 1.29 is 22.7 Å². The van der Waals surface area contributed by atoms with Crippen LogP contribution in [-0.4, -0.2) is 38.4 Å². The highest BCUT2D eigenvalue weighted by Crippen LogP contribution is 2.38. The molecule has 118 valence electrons. The van der Waals surface area contributed by atoms with E-state index in [0.717, 1.165) is 25.7 Å². The number of hydrogen-bond donors (Lipinski definition) is 2. The lowest BCUT2D eigenvalue weighted by molar-refractivity contribution is -0.173. The molecule has 0 spiro atoms. The Kier molecular flexibility index (Phi) is 6.26. The van der Waals surface area contributed by atoms with E-state index in [-0.39, 0.29) is 25.6 Å². The normalized spacial score (nSPS) is 27.4. The molecule has 7 heteroatoms. The first-order valence-corrected chi connectivity index (χ1v) is 6.92. The van der Waals surface area contributed by atoms with Gasteiger partial charge in [-0.3, -0.25) is 4.79 Å². The molecule has 0 aromatic heterocycles. The molecule has 0 atom stereocenters. The predicted octanol–water partition coefficient (Wildman–Crippen LogP) is 1.84. The molecule has 1 rings (SSSR count). The van der Waals surface area contributed by atoms with Gasteiger partial charge >= 0.3 is 6.18 Å². The van der Waals surface area contributed by atoms with Gasteiger partial charge in [0.2, 0.25) is 5.91 Å². The zero-order valence-electron chi connectivity index (χ0n) is 11.8. The van der Waals surface area contributed by atoms with Crippen LogP contribution in [0.15, 0.2) is 0 Å². The van der Waals surface area contributed by atoms with Crippen molar-refractivity contribution in [1.29, 1.82) is 0 Å². The molecule has 3 N–H and O–H groups in total. The number of nitrogens with one attached hydrogen (secondary N) is 1. The number of alkyl halides is 3. The van der Waals surface area contributed by atoms with E-state index in [2.05, 4.69) is 17.0 Å². The Hall–Kier alpha value is -0.820. The molecule has 0 bridgehead atoms. The molecular formula is C13H23F3N2O2. The van der Waals surface area contributed by atoms with Gasteiger partial charge in [0.05, 0.1) is 12.0 Å². The van der Waals surface area contributed by atoms with Crippen LogP contribution >= 0.6 is 0 Å². The largest absolute Gasteiger partial charge is 0.411 e. The lowest BCUT2D eigenvalue weighted by atomic mass is 9.70. The summed E-state index contributed by atoms with van der Waals surface area (Å²) in [6.07, 6.45) is -0.952. The summed E-state index contributed by atoms with van der Waals surface area (Å²) in [5, 5.41) is 2.63. The van der Waals surface area contributed by atoms with Crippen molar-refractivity contribution in [3.05, 3.63) is 0 Å². The third kappa shape index (κ3) is 5.28. The molecule has 0 radical (unpaired) electrons. The standard InChI is InChI=1S/C13H23F3N2O2/c1-10-2-4-12(8-17,5-3-10)11(19)18-6-7-20-9-13(14,15)16/h10H,2-9,17H2,1H3,(H,18,19). The fourth-order valence-corrected chi connectivity index (χ4v) is 2.45. The van der Waals surface area contributed by atoms with Crippen molar-refractivity contribution in [2.75, 3.05) is 26.3 Å². The van der Waals surface area contributed by atoms with Crippen molar-refractivity contribution in [2.24, 2.45) is 17.1 Å². The Morgan fingerprint density at radius 3 is 2.50 bits per heavy atom. The van der Waals surface area contributed by atoms with E-state index in [1.165, 1.54) is 0 Å². The zero-order chi connectivity index (χ0) is 15.2. The fraction of sp³-hybridized carbons (Fsp3) is 0.923. The molecule has 0 aliphatic heterocycles. The number of carbonyl (C=O) groups excluding carboxylic acids is 1. The van der Waals surface area contributed by atoms with Crippen molar-refractivity contribution in [2.45, 2.75) is 38.8 Å². The van der Waals surface area contributed by atoms with Crippen LogP contribution in [0.2, 0.25) is 0 Å². The molecule has 1 amide bonds. The van der Waals surface area contributed by atoms with E-state index >= 15 is 0 Å². The summed E-state index contributed by atoms with van der Waals surface area (Å²) in [4.78, 5) is 12.1. The van der Waals surface area contributed by atoms with Gasteiger partial charge in [-0.25, -0.2) is 0 Å². The first-order valence-electron chi connectivity index (χ1n) is 6.92. The Labute approximate surface area is 117 Å². The molecule has 4 nitrogen and oxygen atoms in total. The minimum absolute atomic E-state index is 0.0756. The van der Waals surface area contributed by atoms with Gasteiger partial charge in [-0.1, -0.05) is 6.92 Å². The molecule has 0 aromatic carbocycles. The first kappa shape index (κ1) is 17.2. The minimum Gasteiger partial charge on any atom is -0.370 e. The van der Waals surface area contributed by atoms with Crippen molar-refractivity contribution in [3.63, 3.8) is 0 Å². The van der Waals surface area contributed by atoms with Gasteiger partial charge in [0.1, 0.15) is 6.61 Å². The summed E-state index contributed by atoms with van der Waals surface area (Å²) < 4.78 is 40.0. The molecular weight excluding hydrogens is 273 g/mol. The van der Waals surface area contributed by atoms with Gasteiger partial charge in [-0.05, 0) is 31.6 Å². The lowest BCUT2D eigenvalue weighted by Crippen LogP contribution is -2.48. The Morgan fingerprint density at radius 1 is 1.40 bits per heavy atom. The molecule has 1 fully saturated rings. The van der Waals surface area contributed by atoms with Crippen LogP contribution in [0.25, 0.3) is 0 Å². The van der Waals surface area contributed by atoms with Gasteiger partial charge in [-0.15, -0.1) is 0 Å². The van der Waals surface area contributed by atoms with E-state index in [1.54, 1.807) is 0 Å². The van der Waals surface area contributed by atoms with Gasteiger partial charge < -0.3 is 15.8 Å². The van der Waals surface area contributed by atoms with Crippen molar-refractivity contribution >= 4 is 5.91 Å². The highest BCUT2D eigenvalue weighted by atomic mass is 19.4. The van der Waals surface area contributed by atoms with Crippen LogP contribution in [0.3, 0.4) is 0 Å². The summed E-state index contributed by atoms with van der Waals surface area (Å²) >= 11 is 0. The molecule has 20 heavy (non-hydrogen) atoms. The highest BCUT2D eigenvalue weighted by molar-refractivity contribution is 5.83. The fourth-order valence-electron chi connectivity index (χ4n) is 2.45. The third-order valence-corrected chi connectivity index (χ3v) is 3.90. The number of nitrogens with two attached hydrogens (primary N) is 1. The maximum absolute atomic E-state index is 12.1. The van der Waals surface area contributed by atoms with E-state index < -0.39 is 18.2 Å². The summed E-state index contributed by atoms with van der Waals surface area (Å²) in [7, 11) is 0. The van der Waals surface area contributed by atoms with Crippen LogP contribution in [-0.2, 0) is 9.53 Å². The summed E-state index contributed by atoms with van der Waals surface area (Å²) in [6, 6.07) is 0. The summed E-state index contributed by atoms with van der Waals surface area (Å²) in [5.74, 6) is 0.431. The van der Waals surface area contributed by atoms with Crippen LogP contribution in [0, 0.1) is 11.3 Å². The van der Waals surface area contributed by atoms with Gasteiger partial charge in [0, 0.05) is 13.1 Å². The zero-order valence-corrected chi connectivity index (χ0v) is 11.8. The van der Waals surface area contributed by atoms with E-state index in [1.807, 2.05) is 0 Å². The topological polar surface area (TPSA) is 64.4 Å². The average Bonchev–Trinajstić information content (AvgIpc) is 2.38. The summed E-state index contributed by atoms with van der Waals surface area (Å²) in [5.41, 5.74) is 5.17. The monoisotopic (exact) mass is 296 g/mol. The Balaban J connectivity index is 2.30. The molecule has 0 aromatic rings. The number of amides is 1. The van der Waals surface area contributed by atoms with Crippen LogP contribution < -0.4 is 11.1 Å². The van der Waals surface area contributed by atoms with Crippen molar-refractivity contribution in [1.82, 2.24) is 5.32 Å². The molecule has 0 heterocycles. The number of carbonyl (C=O) groups is 1. The quantitative estimate of drug-likeness (QED) is 0.735. The number of ether oxygens (including phenoxy) is 1. The van der Waals surface area contributed by atoms with Crippen LogP contribution in [0.1, 0.15) is 32.6 Å².